The van der Waals surface area contributed by atoms with Crippen LogP contribution in [0.3, 0.4) is 0 Å². The summed E-state index contributed by atoms with van der Waals surface area (Å²) < 4.78 is 1.74. The van der Waals surface area contributed by atoms with Crippen molar-refractivity contribution in [3.05, 3.63) is 48.0 Å². The fraction of sp³-hybridized carbons (Fsp3) is 0.550. The van der Waals surface area contributed by atoms with E-state index in [-0.39, 0.29) is 6.03 Å². The van der Waals surface area contributed by atoms with E-state index in [9.17, 15) is 4.79 Å². The molecule has 0 aliphatic carbocycles. The summed E-state index contributed by atoms with van der Waals surface area (Å²) in [4.78, 5) is 21.0. The number of nitrogens with one attached hydrogen (secondary N) is 1. The number of hydrogen-bond acceptors (Lipinski definition) is 4. The number of carbonyl (C=O) groups excluding carboxylic acids is 1. The van der Waals surface area contributed by atoms with E-state index in [1.165, 1.54) is 5.56 Å². The number of rotatable bonds is 7. The predicted octanol–water partition coefficient (Wildman–Crippen LogP) is 1.71. The van der Waals surface area contributed by atoms with Gasteiger partial charge < -0.3 is 15.1 Å². The van der Waals surface area contributed by atoms with Crippen molar-refractivity contribution in [2.75, 3.05) is 39.3 Å². The van der Waals surface area contributed by atoms with E-state index in [1.54, 1.807) is 11.0 Å². The van der Waals surface area contributed by atoms with Gasteiger partial charge in [0.1, 0.15) is 12.2 Å². The molecule has 0 spiro atoms. The van der Waals surface area contributed by atoms with Crippen LogP contribution < -0.4 is 5.32 Å². The van der Waals surface area contributed by atoms with Gasteiger partial charge in [0, 0.05) is 39.6 Å². The Morgan fingerprint density at radius 3 is 2.74 bits per heavy atom. The number of amides is 2. The van der Waals surface area contributed by atoms with Crippen molar-refractivity contribution in [2.45, 2.75) is 25.7 Å². The second kappa shape index (κ2) is 10.1. The molecule has 146 valence electrons. The first kappa shape index (κ1) is 19.4. The first-order chi connectivity index (χ1) is 13.2. The highest BCUT2D eigenvalue weighted by atomic mass is 16.2. The summed E-state index contributed by atoms with van der Waals surface area (Å²) in [7, 11) is 1.87. The van der Waals surface area contributed by atoms with Gasteiger partial charge in [-0.15, -0.1) is 0 Å². The van der Waals surface area contributed by atoms with Crippen molar-refractivity contribution < 1.29 is 4.79 Å². The minimum atomic E-state index is 0.0308. The molecule has 0 unspecified atom stereocenters. The Balaban J connectivity index is 1.34. The van der Waals surface area contributed by atoms with Crippen LogP contribution in [0, 0.1) is 0 Å². The summed E-state index contributed by atoms with van der Waals surface area (Å²) in [5.41, 5.74) is 1.40. The van der Waals surface area contributed by atoms with Crippen molar-refractivity contribution in [1.82, 2.24) is 29.9 Å². The van der Waals surface area contributed by atoms with Crippen LogP contribution in [-0.2, 0) is 19.9 Å². The molecule has 2 aromatic rings. The van der Waals surface area contributed by atoms with Gasteiger partial charge in [0.2, 0.25) is 0 Å². The van der Waals surface area contributed by atoms with E-state index < -0.39 is 0 Å². The molecule has 1 saturated heterocycles. The van der Waals surface area contributed by atoms with Crippen molar-refractivity contribution in [3.8, 4) is 0 Å². The van der Waals surface area contributed by atoms with Gasteiger partial charge in [0.05, 0.1) is 0 Å². The number of carbonyl (C=O) groups is 1. The summed E-state index contributed by atoms with van der Waals surface area (Å²) in [5, 5.41) is 7.06. The van der Waals surface area contributed by atoms with Crippen molar-refractivity contribution in [3.63, 3.8) is 0 Å². The molecular weight excluding hydrogens is 340 g/mol. The minimum absolute atomic E-state index is 0.0308. The highest BCUT2D eigenvalue weighted by Crippen LogP contribution is 2.07. The average molecular weight is 371 g/mol. The lowest BCUT2D eigenvalue weighted by atomic mass is 10.1. The standard InChI is InChI=1S/C20H30N6O/c1-24-19(22-17-23-24)10-11-21-20(27)26-14-6-13-25(15-16-26)12-5-9-18-7-3-2-4-8-18/h2-4,7-8,17H,5-6,9-16H2,1H3,(H,21,27). The summed E-state index contributed by atoms with van der Waals surface area (Å²) >= 11 is 0. The maximum atomic E-state index is 12.4. The Kier molecular flexibility index (Phi) is 7.21. The van der Waals surface area contributed by atoms with Crippen LogP contribution >= 0.6 is 0 Å². The summed E-state index contributed by atoms with van der Waals surface area (Å²) in [6, 6.07) is 10.7. The molecule has 1 fully saturated rings. The zero-order valence-corrected chi connectivity index (χ0v) is 16.2. The van der Waals surface area contributed by atoms with E-state index in [0.29, 0.717) is 13.0 Å². The maximum absolute atomic E-state index is 12.4. The summed E-state index contributed by atoms with van der Waals surface area (Å²) in [5.74, 6) is 0.885. The lowest BCUT2D eigenvalue weighted by Crippen LogP contribution is -2.42. The van der Waals surface area contributed by atoms with Gasteiger partial charge in [0.25, 0.3) is 0 Å². The molecule has 0 bridgehead atoms. The van der Waals surface area contributed by atoms with Gasteiger partial charge in [-0.1, -0.05) is 30.3 Å². The molecule has 1 aromatic heterocycles. The smallest absolute Gasteiger partial charge is 0.317 e. The van der Waals surface area contributed by atoms with Crippen LogP contribution in [0.2, 0.25) is 0 Å². The number of urea groups is 1. The largest absolute Gasteiger partial charge is 0.338 e. The second-order valence-corrected chi connectivity index (χ2v) is 7.05. The van der Waals surface area contributed by atoms with Gasteiger partial charge in [-0.25, -0.2) is 9.78 Å². The topological polar surface area (TPSA) is 66.3 Å². The first-order valence-electron chi connectivity index (χ1n) is 9.84. The molecule has 2 heterocycles. The molecule has 0 saturated carbocycles. The Labute approximate surface area is 161 Å². The Morgan fingerprint density at radius 2 is 1.96 bits per heavy atom. The van der Waals surface area contributed by atoms with E-state index in [1.807, 2.05) is 11.9 Å². The fourth-order valence-corrected chi connectivity index (χ4v) is 3.49. The van der Waals surface area contributed by atoms with Crippen LogP contribution in [0.4, 0.5) is 4.79 Å². The van der Waals surface area contributed by atoms with Gasteiger partial charge in [-0.05, 0) is 37.9 Å². The Hall–Kier alpha value is -2.41. The van der Waals surface area contributed by atoms with Crippen LogP contribution in [0.15, 0.2) is 36.7 Å². The molecule has 1 aliphatic rings. The highest BCUT2D eigenvalue weighted by Gasteiger charge is 2.18. The van der Waals surface area contributed by atoms with Gasteiger partial charge >= 0.3 is 6.03 Å². The van der Waals surface area contributed by atoms with Crippen LogP contribution in [-0.4, -0.2) is 69.9 Å². The minimum Gasteiger partial charge on any atom is -0.338 e. The third-order valence-corrected chi connectivity index (χ3v) is 5.09. The third-order valence-electron chi connectivity index (χ3n) is 5.09. The Morgan fingerprint density at radius 1 is 1.11 bits per heavy atom. The highest BCUT2D eigenvalue weighted by molar-refractivity contribution is 5.74. The van der Waals surface area contributed by atoms with E-state index in [2.05, 4.69) is 50.6 Å². The van der Waals surface area contributed by atoms with Crippen LogP contribution in [0.25, 0.3) is 0 Å². The third kappa shape index (κ3) is 6.06. The van der Waals surface area contributed by atoms with Crippen molar-refractivity contribution in [2.24, 2.45) is 7.05 Å². The normalized spacial score (nSPS) is 15.5. The predicted molar refractivity (Wildman–Crippen MR) is 105 cm³/mol. The number of aromatic nitrogens is 3. The molecule has 7 nitrogen and oxygen atoms in total. The molecule has 1 aromatic carbocycles. The lowest BCUT2D eigenvalue weighted by molar-refractivity contribution is 0.198. The maximum Gasteiger partial charge on any atom is 0.317 e. The first-order valence-corrected chi connectivity index (χ1v) is 9.84. The monoisotopic (exact) mass is 370 g/mol. The number of hydrogen-bond donors (Lipinski definition) is 1. The SMILES string of the molecule is Cn1ncnc1CCNC(=O)N1CCCN(CCCc2ccccc2)CC1. The molecular formula is C20H30N6O. The van der Waals surface area contributed by atoms with E-state index in [4.69, 9.17) is 0 Å². The quantitative estimate of drug-likeness (QED) is 0.806. The molecule has 3 rings (SSSR count). The Bertz CT molecular complexity index is 702. The van der Waals surface area contributed by atoms with Gasteiger partial charge in [-0.2, -0.15) is 5.10 Å². The molecule has 1 aliphatic heterocycles. The van der Waals surface area contributed by atoms with Gasteiger partial charge in [-0.3, -0.25) is 4.68 Å². The molecule has 0 radical (unpaired) electrons. The average Bonchev–Trinajstić information content (AvgIpc) is 2.94. The number of benzene rings is 1. The second-order valence-electron chi connectivity index (χ2n) is 7.05. The van der Waals surface area contributed by atoms with E-state index in [0.717, 1.165) is 57.8 Å². The molecule has 0 atom stereocenters. The zero-order chi connectivity index (χ0) is 18.9. The zero-order valence-electron chi connectivity index (χ0n) is 16.2. The van der Waals surface area contributed by atoms with Crippen LogP contribution in [0.1, 0.15) is 24.2 Å². The molecule has 27 heavy (non-hydrogen) atoms. The van der Waals surface area contributed by atoms with Crippen molar-refractivity contribution in [1.29, 1.82) is 0 Å². The molecule has 7 heteroatoms. The lowest BCUT2D eigenvalue weighted by Gasteiger charge is -2.22. The molecule has 2 amide bonds. The summed E-state index contributed by atoms with van der Waals surface area (Å²) in [6.45, 7) is 5.31. The van der Waals surface area contributed by atoms with Gasteiger partial charge in [0.15, 0.2) is 0 Å². The van der Waals surface area contributed by atoms with Crippen LogP contribution in [0.5, 0.6) is 0 Å². The number of nitrogens with zero attached hydrogens (tertiary/aromatic N) is 5. The molecule has 1 N–H and O–H groups in total. The fourth-order valence-electron chi connectivity index (χ4n) is 3.49. The van der Waals surface area contributed by atoms with Crippen molar-refractivity contribution >= 4 is 6.03 Å². The number of aryl methyl sites for hydroxylation is 2. The van der Waals surface area contributed by atoms with E-state index >= 15 is 0 Å². The summed E-state index contributed by atoms with van der Waals surface area (Å²) in [6.07, 6.45) is 5.54.